The largest absolute Gasteiger partial charge is 0.324 e. The molecule has 0 bridgehead atoms. The first-order valence-electron chi connectivity index (χ1n) is 5.99. The van der Waals surface area contributed by atoms with Gasteiger partial charge in [0.1, 0.15) is 11.9 Å². The molecule has 0 fully saturated rings. The molecule has 1 atom stereocenters. The van der Waals surface area contributed by atoms with Crippen molar-refractivity contribution in [1.29, 1.82) is 0 Å². The Morgan fingerprint density at radius 1 is 1.05 bits per heavy atom. The Morgan fingerprint density at radius 2 is 1.68 bits per heavy atom. The van der Waals surface area contributed by atoms with E-state index in [-0.39, 0.29) is 11.7 Å². The maximum Gasteiger partial charge on any atom is 0.246 e. The molecule has 98 valence electrons. The molecule has 2 rings (SSSR count). The van der Waals surface area contributed by atoms with Gasteiger partial charge in [0.15, 0.2) is 0 Å². The van der Waals surface area contributed by atoms with Crippen LogP contribution in [0.25, 0.3) is 0 Å². The van der Waals surface area contributed by atoms with Gasteiger partial charge in [0, 0.05) is 5.69 Å². The third kappa shape index (κ3) is 3.39. The van der Waals surface area contributed by atoms with Gasteiger partial charge in [-0.25, -0.2) is 4.39 Å². The zero-order valence-electron chi connectivity index (χ0n) is 10.6. The van der Waals surface area contributed by atoms with Crippen LogP contribution in [0.2, 0.25) is 0 Å². The van der Waals surface area contributed by atoms with Crippen molar-refractivity contribution >= 4 is 11.6 Å². The molecule has 0 unspecified atom stereocenters. The molecule has 0 heterocycles. The maximum absolute atomic E-state index is 12.8. The van der Waals surface area contributed by atoms with Gasteiger partial charge in [0.25, 0.3) is 0 Å². The third-order valence-electron chi connectivity index (χ3n) is 2.80. The summed E-state index contributed by atoms with van der Waals surface area (Å²) in [6.45, 7) is 0. The minimum atomic E-state index is -0.439. The van der Waals surface area contributed by atoms with E-state index in [0.29, 0.717) is 5.69 Å². The van der Waals surface area contributed by atoms with Crippen LogP contribution in [-0.2, 0) is 4.79 Å². The average Bonchev–Trinajstić information content (AvgIpc) is 2.43. The lowest BCUT2D eigenvalue weighted by atomic mass is 10.1. The molecule has 4 heteroatoms. The van der Waals surface area contributed by atoms with Crippen molar-refractivity contribution in [2.45, 2.75) is 6.04 Å². The van der Waals surface area contributed by atoms with Gasteiger partial charge >= 0.3 is 0 Å². The van der Waals surface area contributed by atoms with E-state index < -0.39 is 6.04 Å². The van der Waals surface area contributed by atoms with Crippen LogP contribution in [0.5, 0.6) is 0 Å². The zero-order chi connectivity index (χ0) is 13.7. The lowest BCUT2D eigenvalue weighted by molar-refractivity contribution is -0.118. The predicted octanol–water partition coefficient (Wildman–Crippen LogP) is 2.72. The summed E-state index contributed by atoms with van der Waals surface area (Å²) in [7, 11) is 1.72. The molecule has 2 aromatic carbocycles. The molecular weight excluding hydrogens is 243 g/mol. The molecule has 0 radical (unpaired) electrons. The van der Waals surface area contributed by atoms with Crippen molar-refractivity contribution in [2.75, 3.05) is 12.4 Å². The SMILES string of the molecule is CN[C@H](C(=O)Nc1ccc(F)cc1)c1ccccc1. The minimum Gasteiger partial charge on any atom is -0.324 e. The minimum absolute atomic E-state index is 0.180. The highest BCUT2D eigenvalue weighted by Gasteiger charge is 2.18. The number of rotatable bonds is 4. The summed E-state index contributed by atoms with van der Waals surface area (Å²) in [6, 6.07) is 14.7. The van der Waals surface area contributed by atoms with Gasteiger partial charge in [-0.1, -0.05) is 30.3 Å². The van der Waals surface area contributed by atoms with Crippen LogP contribution in [0.4, 0.5) is 10.1 Å². The molecule has 0 aliphatic heterocycles. The highest BCUT2D eigenvalue weighted by atomic mass is 19.1. The lowest BCUT2D eigenvalue weighted by Gasteiger charge is -2.16. The summed E-state index contributed by atoms with van der Waals surface area (Å²) in [5, 5.41) is 5.71. The van der Waals surface area contributed by atoms with Crippen molar-refractivity contribution in [2.24, 2.45) is 0 Å². The quantitative estimate of drug-likeness (QED) is 0.885. The molecule has 19 heavy (non-hydrogen) atoms. The number of anilines is 1. The van der Waals surface area contributed by atoms with E-state index in [4.69, 9.17) is 0 Å². The Bertz CT molecular complexity index is 540. The monoisotopic (exact) mass is 258 g/mol. The van der Waals surface area contributed by atoms with Gasteiger partial charge < -0.3 is 10.6 Å². The molecule has 3 nitrogen and oxygen atoms in total. The van der Waals surface area contributed by atoms with Crippen molar-refractivity contribution in [3.8, 4) is 0 Å². The van der Waals surface area contributed by atoms with Crippen LogP contribution < -0.4 is 10.6 Å². The predicted molar refractivity (Wildman–Crippen MR) is 73.3 cm³/mol. The fourth-order valence-corrected chi connectivity index (χ4v) is 1.84. The van der Waals surface area contributed by atoms with Crippen molar-refractivity contribution in [1.82, 2.24) is 5.32 Å². The fourth-order valence-electron chi connectivity index (χ4n) is 1.84. The second-order valence-electron chi connectivity index (χ2n) is 4.13. The van der Waals surface area contributed by atoms with Crippen LogP contribution in [-0.4, -0.2) is 13.0 Å². The van der Waals surface area contributed by atoms with Gasteiger partial charge in [-0.3, -0.25) is 4.79 Å². The summed E-state index contributed by atoms with van der Waals surface area (Å²) < 4.78 is 12.8. The van der Waals surface area contributed by atoms with E-state index in [1.807, 2.05) is 30.3 Å². The van der Waals surface area contributed by atoms with Crippen molar-refractivity contribution in [3.63, 3.8) is 0 Å². The van der Waals surface area contributed by atoms with E-state index >= 15 is 0 Å². The summed E-state index contributed by atoms with van der Waals surface area (Å²) in [5.41, 5.74) is 1.45. The molecule has 0 spiro atoms. The van der Waals surface area contributed by atoms with Crippen LogP contribution >= 0.6 is 0 Å². The molecule has 1 amide bonds. The highest BCUT2D eigenvalue weighted by Crippen LogP contribution is 2.15. The number of hydrogen-bond donors (Lipinski definition) is 2. The van der Waals surface area contributed by atoms with Crippen LogP contribution in [0.1, 0.15) is 11.6 Å². The summed E-state index contributed by atoms with van der Waals surface area (Å²) in [6.07, 6.45) is 0. The van der Waals surface area contributed by atoms with Gasteiger partial charge in [0.2, 0.25) is 5.91 Å². The second-order valence-corrected chi connectivity index (χ2v) is 4.13. The number of carbonyl (C=O) groups is 1. The maximum atomic E-state index is 12.8. The average molecular weight is 258 g/mol. The molecule has 0 aromatic heterocycles. The Hall–Kier alpha value is -2.20. The standard InChI is InChI=1S/C15H15FN2O/c1-17-14(11-5-3-2-4-6-11)15(19)18-13-9-7-12(16)8-10-13/h2-10,14,17H,1H3,(H,18,19)/t14-/m0/s1. The molecule has 2 aromatic rings. The van der Waals surface area contributed by atoms with E-state index in [0.717, 1.165) is 5.56 Å². The van der Waals surface area contributed by atoms with Crippen LogP contribution in [0.15, 0.2) is 54.6 Å². The van der Waals surface area contributed by atoms with Crippen molar-refractivity contribution in [3.05, 3.63) is 66.0 Å². The number of likely N-dealkylation sites (N-methyl/N-ethyl adjacent to an activating group) is 1. The van der Waals surface area contributed by atoms with E-state index in [9.17, 15) is 9.18 Å². The number of hydrogen-bond acceptors (Lipinski definition) is 2. The van der Waals surface area contributed by atoms with Crippen molar-refractivity contribution < 1.29 is 9.18 Å². The Balaban J connectivity index is 2.11. The smallest absolute Gasteiger partial charge is 0.246 e. The summed E-state index contributed by atoms with van der Waals surface area (Å²) in [5.74, 6) is -0.508. The molecule has 2 N–H and O–H groups in total. The third-order valence-corrected chi connectivity index (χ3v) is 2.80. The highest BCUT2D eigenvalue weighted by molar-refractivity contribution is 5.95. The number of nitrogens with one attached hydrogen (secondary N) is 2. The molecular formula is C15H15FN2O. The van der Waals surface area contributed by atoms with Gasteiger partial charge in [-0.15, -0.1) is 0 Å². The van der Waals surface area contributed by atoms with Crippen LogP contribution in [0.3, 0.4) is 0 Å². The lowest BCUT2D eigenvalue weighted by Crippen LogP contribution is -2.30. The number of carbonyl (C=O) groups excluding carboxylic acids is 1. The second kappa shape index (κ2) is 6.11. The van der Waals surface area contributed by atoms with Gasteiger partial charge in [-0.05, 0) is 36.9 Å². The molecule has 0 saturated carbocycles. The van der Waals surface area contributed by atoms with Gasteiger partial charge in [0.05, 0.1) is 0 Å². The topological polar surface area (TPSA) is 41.1 Å². The van der Waals surface area contributed by atoms with E-state index in [2.05, 4.69) is 10.6 Å². The molecule has 0 saturated heterocycles. The summed E-state index contributed by atoms with van der Waals surface area (Å²) in [4.78, 5) is 12.2. The first-order valence-corrected chi connectivity index (χ1v) is 5.99. The molecule has 0 aliphatic carbocycles. The Kier molecular flexibility index (Phi) is 4.26. The van der Waals surface area contributed by atoms with E-state index in [1.54, 1.807) is 7.05 Å². The normalized spacial score (nSPS) is 11.9. The van der Waals surface area contributed by atoms with Crippen LogP contribution in [0, 0.1) is 5.82 Å². The number of benzene rings is 2. The number of amides is 1. The first-order chi connectivity index (χ1) is 9.20. The zero-order valence-corrected chi connectivity index (χ0v) is 10.6. The summed E-state index contributed by atoms with van der Waals surface area (Å²) >= 11 is 0. The molecule has 0 aliphatic rings. The first kappa shape index (κ1) is 13.2. The van der Waals surface area contributed by atoms with E-state index in [1.165, 1.54) is 24.3 Å². The van der Waals surface area contributed by atoms with Gasteiger partial charge in [-0.2, -0.15) is 0 Å². The fraction of sp³-hybridized carbons (Fsp3) is 0.133. The Labute approximate surface area is 111 Å². The number of halogens is 1. The Morgan fingerprint density at radius 3 is 2.26 bits per heavy atom.